The first-order valence-corrected chi connectivity index (χ1v) is 5.82. The molecule has 2 rings (SSSR count). The number of nitrogen functional groups attached to an aromatic ring is 1. The lowest BCUT2D eigenvalue weighted by atomic mass is 10.1. The number of Topliss-reactive ketones (excluding diaryl/α,β-unsaturated/α-hetero) is 1. The van der Waals surface area contributed by atoms with Crippen LogP contribution in [-0.4, -0.2) is 20.5 Å². The number of aryl methyl sites for hydroxylation is 1. The van der Waals surface area contributed by atoms with Gasteiger partial charge in [-0.25, -0.2) is 0 Å². The maximum Gasteiger partial charge on any atom is 0.195 e. The number of nitrogens with zero attached hydrogens (tertiary/aromatic N) is 3. The fraction of sp³-hybridized carbons (Fsp3) is 0.182. The molecule has 2 N–H and O–H groups in total. The zero-order valence-electron chi connectivity index (χ0n) is 9.54. The summed E-state index contributed by atoms with van der Waals surface area (Å²) in [7, 11) is 1.87. The third-order valence-electron chi connectivity index (χ3n) is 2.28. The van der Waals surface area contributed by atoms with Crippen molar-refractivity contribution in [3.8, 4) is 0 Å². The van der Waals surface area contributed by atoms with Crippen molar-refractivity contribution in [1.29, 1.82) is 0 Å². The minimum Gasteiger partial charge on any atom is -0.398 e. The van der Waals surface area contributed by atoms with Crippen LogP contribution in [0, 0.1) is 0 Å². The minimum absolute atomic E-state index is 0.0390. The SMILES string of the molecule is CC(=O)c1cc(Sc2nncn2C)ccc1N. The van der Waals surface area contributed by atoms with Gasteiger partial charge in [-0.3, -0.25) is 4.79 Å². The second-order valence-electron chi connectivity index (χ2n) is 3.63. The number of benzene rings is 1. The molecule has 0 spiro atoms. The molecule has 17 heavy (non-hydrogen) atoms. The van der Waals surface area contributed by atoms with E-state index in [0.29, 0.717) is 11.3 Å². The fourth-order valence-corrected chi connectivity index (χ4v) is 2.18. The average Bonchev–Trinajstić information content (AvgIpc) is 2.67. The van der Waals surface area contributed by atoms with E-state index in [2.05, 4.69) is 10.2 Å². The van der Waals surface area contributed by atoms with E-state index in [1.54, 1.807) is 18.5 Å². The normalized spacial score (nSPS) is 10.5. The number of nitrogens with two attached hydrogens (primary N) is 1. The Morgan fingerprint density at radius 1 is 1.47 bits per heavy atom. The first-order valence-electron chi connectivity index (χ1n) is 5.00. The van der Waals surface area contributed by atoms with Crippen LogP contribution in [0.1, 0.15) is 17.3 Å². The van der Waals surface area contributed by atoms with Gasteiger partial charge in [-0.1, -0.05) is 0 Å². The molecule has 0 unspecified atom stereocenters. The highest BCUT2D eigenvalue weighted by atomic mass is 32.2. The van der Waals surface area contributed by atoms with Crippen LogP contribution in [0.15, 0.2) is 34.6 Å². The smallest absolute Gasteiger partial charge is 0.195 e. The molecule has 0 radical (unpaired) electrons. The van der Waals surface area contributed by atoms with Gasteiger partial charge in [0.15, 0.2) is 10.9 Å². The molecular formula is C11H12N4OS. The van der Waals surface area contributed by atoms with E-state index < -0.39 is 0 Å². The number of ketones is 1. The average molecular weight is 248 g/mol. The van der Waals surface area contributed by atoms with Gasteiger partial charge < -0.3 is 10.3 Å². The second kappa shape index (κ2) is 4.58. The summed E-state index contributed by atoms with van der Waals surface area (Å²) in [6.07, 6.45) is 1.63. The van der Waals surface area contributed by atoms with Crippen LogP contribution < -0.4 is 5.73 Å². The summed E-state index contributed by atoms with van der Waals surface area (Å²) in [5, 5.41) is 8.53. The molecule has 0 bridgehead atoms. The standard InChI is InChI=1S/C11H12N4OS/c1-7(16)9-5-8(3-4-10(9)12)17-11-14-13-6-15(11)2/h3-6H,12H2,1-2H3. The van der Waals surface area contributed by atoms with Crippen molar-refractivity contribution < 1.29 is 4.79 Å². The van der Waals surface area contributed by atoms with Crippen molar-refractivity contribution in [2.75, 3.05) is 5.73 Å². The summed E-state index contributed by atoms with van der Waals surface area (Å²) in [5.41, 5.74) is 6.77. The lowest BCUT2D eigenvalue weighted by Gasteiger charge is -2.05. The molecule has 0 aliphatic heterocycles. The third-order valence-corrected chi connectivity index (χ3v) is 3.32. The van der Waals surface area contributed by atoms with Gasteiger partial charge in [0.2, 0.25) is 0 Å². The lowest BCUT2D eigenvalue weighted by molar-refractivity contribution is 0.101. The Kier molecular flexibility index (Phi) is 3.14. The van der Waals surface area contributed by atoms with Gasteiger partial charge in [0.1, 0.15) is 6.33 Å². The molecule has 1 heterocycles. The monoisotopic (exact) mass is 248 g/mol. The number of aromatic nitrogens is 3. The van der Waals surface area contributed by atoms with Gasteiger partial charge in [-0.05, 0) is 36.9 Å². The van der Waals surface area contributed by atoms with Crippen molar-refractivity contribution in [2.45, 2.75) is 17.0 Å². The Morgan fingerprint density at radius 2 is 2.24 bits per heavy atom. The predicted molar refractivity (Wildman–Crippen MR) is 66.0 cm³/mol. The molecule has 0 saturated carbocycles. The van der Waals surface area contributed by atoms with Gasteiger partial charge >= 0.3 is 0 Å². The summed E-state index contributed by atoms with van der Waals surface area (Å²) in [4.78, 5) is 12.3. The molecule has 2 aromatic rings. The highest BCUT2D eigenvalue weighted by molar-refractivity contribution is 7.99. The molecule has 88 valence electrons. The Bertz CT molecular complexity index is 564. The Hall–Kier alpha value is -1.82. The molecule has 0 atom stereocenters. The van der Waals surface area contributed by atoms with E-state index in [4.69, 9.17) is 5.73 Å². The quantitative estimate of drug-likeness (QED) is 0.661. The largest absolute Gasteiger partial charge is 0.398 e. The highest BCUT2D eigenvalue weighted by Gasteiger charge is 2.08. The highest BCUT2D eigenvalue weighted by Crippen LogP contribution is 2.28. The second-order valence-corrected chi connectivity index (χ2v) is 4.67. The van der Waals surface area contributed by atoms with Gasteiger partial charge in [0.05, 0.1) is 0 Å². The molecule has 1 aromatic heterocycles. The fourth-order valence-electron chi connectivity index (χ4n) is 1.37. The van der Waals surface area contributed by atoms with E-state index >= 15 is 0 Å². The maximum atomic E-state index is 11.4. The molecular weight excluding hydrogens is 236 g/mol. The summed E-state index contributed by atoms with van der Waals surface area (Å²) < 4.78 is 1.81. The van der Waals surface area contributed by atoms with Crippen LogP contribution in [0.2, 0.25) is 0 Å². The Balaban J connectivity index is 2.32. The predicted octanol–water partition coefficient (Wildman–Crippen LogP) is 1.75. The molecule has 0 saturated heterocycles. The molecule has 0 aliphatic carbocycles. The van der Waals surface area contributed by atoms with Crippen LogP contribution in [-0.2, 0) is 7.05 Å². The molecule has 5 nitrogen and oxygen atoms in total. The zero-order chi connectivity index (χ0) is 12.4. The Labute approximate surface area is 103 Å². The molecule has 0 fully saturated rings. The molecule has 1 aromatic carbocycles. The van der Waals surface area contributed by atoms with Crippen LogP contribution in [0.25, 0.3) is 0 Å². The van der Waals surface area contributed by atoms with Gasteiger partial charge in [-0.2, -0.15) is 0 Å². The van der Waals surface area contributed by atoms with Crippen molar-refractivity contribution >= 4 is 23.2 Å². The van der Waals surface area contributed by atoms with E-state index in [-0.39, 0.29) is 5.78 Å². The molecule has 6 heteroatoms. The maximum absolute atomic E-state index is 11.4. The van der Waals surface area contributed by atoms with Gasteiger partial charge in [0, 0.05) is 23.2 Å². The van der Waals surface area contributed by atoms with Crippen molar-refractivity contribution in [3.63, 3.8) is 0 Å². The number of hydrogen-bond donors (Lipinski definition) is 1. The van der Waals surface area contributed by atoms with Crippen molar-refractivity contribution in [3.05, 3.63) is 30.1 Å². The van der Waals surface area contributed by atoms with Crippen molar-refractivity contribution in [1.82, 2.24) is 14.8 Å². The van der Waals surface area contributed by atoms with Crippen LogP contribution in [0.5, 0.6) is 0 Å². The number of rotatable bonds is 3. The number of carbonyl (C=O) groups is 1. The Morgan fingerprint density at radius 3 is 2.82 bits per heavy atom. The third kappa shape index (κ3) is 2.47. The molecule has 0 amide bonds. The first kappa shape index (κ1) is 11.7. The topological polar surface area (TPSA) is 73.8 Å². The summed E-state index contributed by atoms with van der Waals surface area (Å²) >= 11 is 1.44. The molecule has 0 aliphatic rings. The van der Waals surface area contributed by atoms with Crippen molar-refractivity contribution in [2.24, 2.45) is 7.05 Å². The number of carbonyl (C=O) groups excluding carboxylic acids is 1. The van der Waals surface area contributed by atoms with Crippen LogP contribution >= 0.6 is 11.8 Å². The summed E-state index contributed by atoms with van der Waals surface area (Å²) in [5.74, 6) is -0.0390. The van der Waals surface area contributed by atoms with E-state index in [0.717, 1.165) is 10.1 Å². The first-order chi connectivity index (χ1) is 8.08. The minimum atomic E-state index is -0.0390. The van der Waals surface area contributed by atoms with Gasteiger partial charge in [-0.15, -0.1) is 10.2 Å². The van der Waals surface area contributed by atoms with E-state index in [1.165, 1.54) is 18.7 Å². The summed E-state index contributed by atoms with van der Waals surface area (Å²) in [6.45, 7) is 1.50. The number of hydrogen-bond acceptors (Lipinski definition) is 5. The van der Waals surface area contributed by atoms with Gasteiger partial charge in [0.25, 0.3) is 0 Å². The van der Waals surface area contributed by atoms with E-state index in [1.807, 2.05) is 17.7 Å². The van der Waals surface area contributed by atoms with Crippen LogP contribution in [0.4, 0.5) is 5.69 Å². The number of anilines is 1. The zero-order valence-corrected chi connectivity index (χ0v) is 10.4. The van der Waals surface area contributed by atoms with E-state index in [9.17, 15) is 4.79 Å². The van der Waals surface area contributed by atoms with Crippen LogP contribution in [0.3, 0.4) is 0 Å². The summed E-state index contributed by atoms with van der Waals surface area (Å²) in [6, 6.07) is 5.37. The lowest BCUT2D eigenvalue weighted by Crippen LogP contribution is -1.99.